The summed E-state index contributed by atoms with van der Waals surface area (Å²) in [5.74, 6) is 0. The summed E-state index contributed by atoms with van der Waals surface area (Å²) in [6, 6.07) is 63.4. The highest BCUT2D eigenvalue weighted by Crippen LogP contribution is 2.60. The van der Waals surface area contributed by atoms with Crippen LogP contribution in [0.2, 0.25) is 0 Å². The zero-order valence-electron chi connectivity index (χ0n) is 25.1. The lowest BCUT2D eigenvalue weighted by Gasteiger charge is -2.36. The second-order valence-corrected chi connectivity index (χ2v) is 13.5. The van der Waals surface area contributed by atoms with Gasteiger partial charge in [0.2, 0.25) is 0 Å². The van der Waals surface area contributed by atoms with Crippen LogP contribution < -0.4 is 0 Å². The molecule has 1 heterocycles. The van der Waals surface area contributed by atoms with E-state index in [1.165, 1.54) is 87.0 Å². The minimum atomic E-state index is -0.508. The molecular formula is C45H28S. The standard InChI is InChI=1S/C45H28S/c1-2-15-32(16-3-1)45(40-22-10-7-19-35(40)37-26-25-29-13-4-5-18-34(29)44(37)45)39-21-9-6-17-33(39)31-27-30-14-12-24-42-43(30)38(28-31)36-20-8-11-23-41(36)46-42/h1-28H. The summed E-state index contributed by atoms with van der Waals surface area (Å²) in [5.41, 5.74) is 12.6. The molecule has 1 aliphatic heterocycles. The summed E-state index contributed by atoms with van der Waals surface area (Å²) in [7, 11) is 0. The average Bonchev–Trinajstić information content (AvgIpc) is 3.43. The van der Waals surface area contributed by atoms with E-state index in [1.54, 1.807) is 0 Å². The van der Waals surface area contributed by atoms with Gasteiger partial charge in [-0.3, -0.25) is 0 Å². The fourth-order valence-electron chi connectivity index (χ4n) is 8.31. The average molecular weight is 601 g/mol. The van der Waals surface area contributed by atoms with Crippen molar-refractivity contribution in [2.24, 2.45) is 0 Å². The number of hydrogen-bond donors (Lipinski definition) is 0. The van der Waals surface area contributed by atoms with E-state index >= 15 is 0 Å². The molecule has 2 aliphatic rings. The molecule has 0 amide bonds. The van der Waals surface area contributed by atoms with E-state index in [0.29, 0.717) is 0 Å². The molecule has 0 spiro atoms. The minimum Gasteiger partial charge on any atom is -0.0888 e. The van der Waals surface area contributed by atoms with Crippen LogP contribution in [0.5, 0.6) is 0 Å². The first-order chi connectivity index (χ1) is 22.8. The van der Waals surface area contributed by atoms with Gasteiger partial charge in [0.1, 0.15) is 0 Å². The maximum absolute atomic E-state index is 2.45. The Morgan fingerprint density at radius 3 is 1.91 bits per heavy atom. The summed E-state index contributed by atoms with van der Waals surface area (Å²) < 4.78 is 0. The van der Waals surface area contributed by atoms with Crippen molar-refractivity contribution in [3.63, 3.8) is 0 Å². The van der Waals surface area contributed by atoms with E-state index in [9.17, 15) is 0 Å². The molecule has 46 heavy (non-hydrogen) atoms. The number of fused-ring (bicyclic) bond motifs is 7. The van der Waals surface area contributed by atoms with Crippen LogP contribution in [0.25, 0.3) is 54.9 Å². The van der Waals surface area contributed by atoms with Crippen LogP contribution in [0.4, 0.5) is 0 Å². The van der Waals surface area contributed by atoms with Gasteiger partial charge in [0.25, 0.3) is 0 Å². The van der Waals surface area contributed by atoms with Crippen LogP contribution >= 0.6 is 11.8 Å². The summed E-state index contributed by atoms with van der Waals surface area (Å²) >= 11 is 1.88. The van der Waals surface area contributed by atoms with Crippen molar-refractivity contribution in [2.75, 3.05) is 0 Å². The molecule has 214 valence electrons. The Hall–Kier alpha value is -5.37. The Morgan fingerprint density at radius 1 is 0.391 bits per heavy atom. The summed E-state index contributed by atoms with van der Waals surface area (Å²) in [6.07, 6.45) is 0. The monoisotopic (exact) mass is 600 g/mol. The predicted octanol–water partition coefficient (Wildman–Crippen LogP) is 12.2. The molecular weight excluding hydrogens is 573 g/mol. The first kappa shape index (κ1) is 25.9. The highest BCUT2D eigenvalue weighted by atomic mass is 32.2. The fourth-order valence-corrected chi connectivity index (χ4v) is 9.46. The van der Waals surface area contributed by atoms with E-state index in [0.717, 1.165) is 0 Å². The van der Waals surface area contributed by atoms with Gasteiger partial charge in [-0.2, -0.15) is 0 Å². The lowest BCUT2D eigenvalue weighted by molar-refractivity contribution is 0.777. The van der Waals surface area contributed by atoms with Crippen LogP contribution in [-0.4, -0.2) is 0 Å². The first-order valence-electron chi connectivity index (χ1n) is 15.9. The zero-order valence-corrected chi connectivity index (χ0v) is 25.9. The summed E-state index contributed by atoms with van der Waals surface area (Å²) in [6.45, 7) is 0. The Bertz CT molecular complexity index is 2510. The third-order valence-corrected chi connectivity index (χ3v) is 11.2. The van der Waals surface area contributed by atoms with Crippen LogP contribution in [0.1, 0.15) is 22.3 Å². The quantitative estimate of drug-likeness (QED) is 0.194. The predicted molar refractivity (Wildman–Crippen MR) is 194 cm³/mol. The van der Waals surface area contributed by atoms with Gasteiger partial charge < -0.3 is 0 Å². The van der Waals surface area contributed by atoms with E-state index in [-0.39, 0.29) is 0 Å². The maximum Gasteiger partial charge on any atom is 0.0725 e. The van der Waals surface area contributed by atoms with Crippen molar-refractivity contribution >= 4 is 33.3 Å². The molecule has 1 aliphatic carbocycles. The minimum absolute atomic E-state index is 0.508. The second-order valence-electron chi connectivity index (χ2n) is 12.4. The molecule has 0 N–H and O–H groups in total. The molecule has 1 unspecified atom stereocenters. The van der Waals surface area contributed by atoms with E-state index in [2.05, 4.69) is 170 Å². The molecule has 10 rings (SSSR count). The summed E-state index contributed by atoms with van der Waals surface area (Å²) in [5, 5.41) is 5.21. The molecule has 0 nitrogen and oxygen atoms in total. The van der Waals surface area contributed by atoms with Crippen LogP contribution in [-0.2, 0) is 5.41 Å². The van der Waals surface area contributed by atoms with Crippen molar-refractivity contribution in [3.05, 3.63) is 192 Å². The SMILES string of the molecule is c1ccc(C2(c3ccccc3-c3cc4c5c(cccc5c3)Sc3ccccc3-4)c3ccccc3-c3ccc4ccccc4c32)cc1. The molecule has 0 saturated heterocycles. The number of rotatable bonds is 3. The lowest BCUT2D eigenvalue weighted by Crippen LogP contribution is -2.29. The molecule has 0 saturated carbocycles. The molecule has 1 atom stereocenters. The molecule has 8 aromatic rings. The Morgan fingerprint density at radius 2 is 1.04 bits per heavy atom. The number of hydrogen-bond acceptors (Lipinski definition) is 1. The van der Waals surface area contributed by atoms with E-state index in [4.69, 9.17) is 0 Å². The van der Waals surface area contributed by atoms with Crippen molar-refractivity contribution in [2.45, 2.75) is 15.2 Å². The molecule has 0 radical (unpaired) electrons. The van der Waals surface area contributed by atoms with Gasteiger partial charge in [-0.1, -0.05) is 157 Å². The topological polar surface area (TPSA) is 0 Å². The van der Waals surface area contributed by atoms with Gasteiger partial charge >= 0.3 is 0 Å². The van der Waals surface area contributed by atoms with Crippen molar-refractivity contribution in [1.29, 1.82) is 0 Å². The molecule has 0 aromatic heterocycles. The largest absolute Gasteiger partial charge is 0.0888 e. The highest BCUT2D eigenvalue weighted by Gasteiger charge is 2.48. The Labute approximate surface area is 273 Å². The summed E-state index contributed by atoms with van der Waals surface area (Å²) in [4.78, 5) is 2.65. The molecule has 8 aromatic carbocycles. The van der Waals surface area contributed by atoms with E-state index < -0.39 is 5.41 Å². The smallest absolute Gasteiger partial charge is 0.0725 e. The second kappa shape index (κ2) is 9.81. The van der Waals surface area contributed by atoms with Gasteiger partial charge in [-0.25, -0.2) is 0 Å². The Balaban J connectivity index is 1.36. The third kappa shape index (κ3) is 3.47. The normalized spacial score (nSPS) is 15.8. The lowest BCUT2D eigenvalue weighted by atomic mass is 9.65. The van der Waals surface area contributed by atoms with Gasteiger partial charge in [0.05, 0.1) is 5.41 Å². The van der Waals surface area contributed by atoms with Crippen LogP contribution in [0, 0.1) is 0 Å². The van der Waals surface area contributed by atoms with Crippen molar-refractivity contribution in [3.8, 4) is 33.4 Å². The van der Waals surface area contributed by atoms with Gasteiger partial charge in [-0.15, -0.1) is 0 Å². The van der Waals surface area contributed by atoms with Crippen molar-refractivity contribution < 1.29 is 0 Å². The van der Waals surface area contributed by atoms with Crippen LogP contribution in [0.3, 0.4) is 0 Å². The fraction of sp³-hybridized carbons (Fsp3) is 0.0222. The van der Waals surface area contributed by atoms with E-state index in [1.807, 2.05) is 11.8 Å². The number of benzene rings is 8. The van der Waals surface area contributed by atoms with Gasteiger partial charge in [0.15, 0.2) is 0 Å². The van der Waals surface area contributed by atoms with Gasteiger partial charge in [-0.05, 0) is 96.1 Å². The van der Waals surface area contributed by atoms with Gasteiger partial charge in [0, 0.05) is 15.2 Å². The third-order valence-electron chi connectivity index (χ3n) is 10.1. The molecule has 0 bridgehead atoms. The first-order valence-corrected chi connectivity index (χ1v) is 16.8. The highest BCUT2D eigenvalue weighted by molar-refractivity contribution is 7.99. The molecule has 0 fully saturated rings. The van der Waals surface area contributed by atoms with Crippen molar-refractivity contribution in [1.82, 2.24) is 0 Å². The van der Waals surface area contributed by atoms with Crippen LogP contribution in [0.15, 0.2) is 180 Å². The molecule has 1 heteroatoms. The Kier molecular flexibility index (Phi) is 5.53. The maximum atomic E-state index is 2.45. The zero-order chi connectivity index (χ0) is 30.2.